The van der Waals surface area contributed by atoms with E-state index in [1.165, 1.54) is 10.6 Å². The molecule has 0 aliphatic carbocycles. The molecule has 0 bridgehead atoms. The first kappa shape index (κ1) is 17.5. The van der Waals surface area contributed by atoms with Gasteiger partial charge in [-0.2, -0.15) is 5.06 Å². The molecule has 2 atom stereocenters. The topological polar surface area (TPSA) is 38.8 Å². The number of hydrogen-bond acceptors (Lipinski definition) is 3. The van der Waals surface area contributed by atoms with Crippen LogP contribution in [0.5, 0.6) is 0 Å². The largest absolute Gasteiger partial charge is 0.442 e. The Morgan fingerprint density at radius 2 is 1.68 bits per heavy atom. The molecule has 4 heteroatoms. The van der Waals surface area contributed by atoms with Crippen LogP contribution in [0.2, 0.25) is 0 Å². The summed E-state index contributed by atoms with van der Waals surface area (Å²) in [7, 11) is 0. The molecular formula is C21H25NO3. The van der Waals surface area contributed by atoms with E-state index in [2.05, 4.69) is 12.1 Å². The molecule has 1 fully saturated rings. The maximum Gasteiger partial charge on any atom is 0.434 e. The average molecular weight is 339 g/mol. The summed E-state index contributed by atoms with van der Waals surface area (Å²) in [5.74, 6) is 0. The minimum absolute atomic E-state index is 0.0533. The molecule has 1 saturated heterocycles. The third-order valence-electron chi connectivity index (χ3n) is 4.12. The molecule has 1 aliphatic rings. The molecule has 1 heterocycles. The van der Waals surface area contributed by atoms with Gasteiger partial charge in [0, 0.05) is 6.42 Å². The van der Waals surface area contributed by atoms with Crippen LogP contribution in [0.1, 0.15) is 44.4 Å². The van der Waals surface area contributed by atoms with Crippen molar-refractivity contribution < 1.29 is 14.4 Å². The quantitative estimate of drug-likeness (QED) is 0.797. The number of hydrogen-bond donors (Lipinski definition) is 0. The van der Waals surface area contributed by atoms with Crippen molar-refractivity contribution in [1.82, 2.24) is 5.06 Å². The highest BCUT2D eigenvalue weighted by molar-refractivity contribution is 5.67. The Hall–Kier alpha value is -2.33. The van der Waals surface area contributed by atoms with Crippen LogP contribution in [0, 0.1) is 0 Å². The highest BCUT2D eigenvalue weighted by Gasteiger charge is 2.39. The number of carbonyl (C=O) groups excluding carboxylic acids is 1. The van der Waals surface area contributed by atoms with E-state index in [9.17, 15) is 4.79 Å². The van der Waals surface area contributed by atoms with Gasteiger partial charge in [0.25, 0.3) is 0 Å². The number of rotatable bonds is 3. The molecule has 0 aromatic heterocycles. The molecule has 2 aromatic carbocycles. The summed E-state index contributed by atoms with van der Waals surface area (Å²) in [6.45, 7) is 5.59. The zero-order valence-corrected chi connectivity index (χ0v) is 15.0. The highest BCUT2D eigenvalue weighted by atomic mass is 16.7. The number of benzene rings is 2. The molecule has 4 nitrogen and oxygen atoms in total. The maximum atomic E-state index is 12.6. The monoisotopic (exact) mass is 339 g/mol. The Labute approximate surface area is 149 Å². The van der Waals surface area contributed by atoms with Crippen molar-refractivity contribution in [3.05, 3.63) is 71.8 Å². The lowest BCUT2D eigenvalue weighted by Gasteiger charge is -2.27. The van der Waals surface area contributed by atoms with Gasteiger partial charge in [-0.3, -0.25) is 4.84 Å². The van der Waals surface area contributed by atoms with Crippen molar-refractivity contribution in [2.45, 2.75) is 51.4 Å². The Bertz CT molecular complexity index is 694. The summed E-state index contributed by atoms with van der Waals surface area (Å²) in [6, 6.07) is 20.1. The summed E-state index contributed by atoms with van der Waals surface area (Å²) in [4.78, 5) is 18.6. The van der Waals surface area contributed by atoms with Crippen LogP contribution in [0.3, 0.4) is 0 Å². The standard InChI is InChI=1S/C21H25NO3/c1-21(2,3)24-20(23)22-18(14-16-10-6-4-7-11-16)15-19(25-22)17-12-8-5-9-13-17/h4-13,18-19H,14-15H2,1-3H3/t18-,19-/m0/s1. The fourth-order valence-electron chi connectivity index (χ4n) is 3.03. The molecule has 0 saturated carbocycles. The normalized spacial score (nSPS) is 20.5. The maximum absolute atomic E-state index is 12.6. The van der Waals surface area contributed by atoms with Gasteiger partial charge in [0.05, 0.1) is 6.04 Å². The zero-order chi connectivity index (χ0) is 17.9. The first-order chi connectivity index (χ1) is 11.9. The lowest BCUT2D eigenvalue weighted by atomic mass is 9.98. The minimum Gasteiger partial charge on any atom is -0.442 e. The molecule has 0 N–H and O–H groups in total. The Balaban J connectivity index is 1.79. The highest BCUT2D eigenvalue weighted by Crippen LogP contribution is 2.35. The van der Waals surface area contributed by atoms with Crippen LogP contribution in [0.25, 0.3) is 0 Å². The summed E-state index contributed by atoms with van der Waals surface area (Å²) in [5, 5.41) is 1.43. The molecule has 132 valence electrons. The molecule has 25 heavy (non-hydrogen) atoms. The Morgan fingerprint density at radius 3 is 2.28 bits per heavy atom. The van der Waals surface area contributed by atoms with E-state index in [0.29, 0.717) is 0 Å². The number of hydroxylamine groups is 2. The molecule has 2 aromatic rings. The van der Waals surface area contributed by atoms with Crippen LogP contribution < -0.4 is 0 Å². The number of ether oxygens (including phenoxy) is 1. The molecule has 0 radical (unpaired) electrons. The van der Waals surface area contributed by atoms with Crippen LogP contribution in [-0.4, -0.2) is 22.8 Å². The second kappa shape index (κ2) is 7.28. The van der Waals surface area contributed by atoms with E-state index in [4.69, 9.17) is 9.57 Å². The van der Waals surface area contributed by atoms with Gasteiger partial charge in [0.2, 0.25) is 0 Å². The van der Waals surface area contributed by atoms with Gasteiger partial charge in [0.1, 0.15) is 11.7 Å². The first-order valence-electron chi connectivity index (χ1n) is 8.70. The molecule has 3 rings (SSSR count). The van der Waals surface area contributed by atoms with Gasteiger partial charge in [0.15, 0.2) is 0 Å². The van der Waals surface area contributed by atoms with Crippen LogP contribution in [0.4, 0.5) is 4.79 Å². The van der Waals surface area contributed by atoms with E-state index in [-0.39, 0.29) is 12.1 Å². The molecule has 1 amide bonds. The average Bonchev–Trinajstić information content (AvgIpc) is 2.99. The molecule has 0 unspecified atom stereocenters. The van der Waals surface area contributed by atoms with Crippen molar-refractivity contribution in [2.24, 2.45) is 0 Å². The van der Waals surface area contributed by atoms with Crippen molar-refractivity contribution in [3.63, 3.8) is 0 Å². The fraction of sp³-hybridized carbons (Fsp3) is 0.381. The van der Waals surface area contributed by atoms with Crippen molar-refractivity contribution in [1.29, 1.82) is 0 Å². The summed E-state index contributed by atoms with van der Waals surface area (Å²) in [5.41, 5.74) is 1.70. The van der Waals surface area contributed by atoms with E-state index >= 15 is 0 Å². The van der Waals surface area contributed by atoms with Crippen molar-refractivity contribution in [3.8, 4) is 0 Å². The smallest absolute Gasteiger partial charge is 0.434 e. The lowest BCUT2D eigenvalue weighted by Crippen LogP contribution is -2.39. The zero-order valence-electron chi connectivity index (χ0n) is 15.0. The first-order valence-corrected chi connectivity index (χ1v) is 8.70. The summed E-state index contributed by atoms with van der Waals surface area (Å²) in [6.07, 6.45) is 0.927. The number of nitrogens with zero attached hydrogens (tertiary/aromatic N) is 1. The van der Waals surface area contributed by atoms with Crippen LogP contribution >= 0.6 is 0 Å². The van der Waals surface area contributed by atoms with Gasteiger partial charge < -0.3 is 4.74 Å². The predicted molar refractivity (Wildman–Crippen MR) is 96.9 cm³/mol. The summed E-state index contributed by atoms with van der Waals surface area (Å²) >= 11 is 0. The third kappa shape index (κ3) is 4.60. The predicted octanol–water partition coefficient (Wildman–Crippen LogP) is 4.91. The Kier molecular flexibility index (Phi) is 5.09. The number of carbonyl (C=O) groups is 1. The molecule has 0 spiro atoms. The van der Waals surface area contributed by atoms with Crippen molar-refractivity contribution in [2.75, 3.05) is 0 Å². The van der Waals surface area contributed by atoms with E-state index in [1.54, 1.807) is 0 Å². The van der Waals surface area contributed by atoms with Crippen LogP contribution in [0.15, 0.2) is 60.7 Å². The van der Waals surface area contributed by atoms with Gasteiger partial charge in [-0.15, -0.1) is 0 Å². The third-order valence-corrected chi connectivity index (χ3v) is 4.12. The van der Waals surface area contributed by atoms with Gasteiger partial charge in [-0.25, -0.2) is 4.79 Å². The van der Waals surface area contributed by atoms with E-state index < -0.39 is 11.7 Å². The number of amides is 1. The molecular weight excluding hydrogens is 314 g/mol. The summed E-state index contributed by atoms with van der Waals surface area (Å²) < 4.78 is 5.54. The lowest BCUT2D eigenvalue weighted by molar-refractivity contribution is -0.151. The second-order valence-electron chi connectivity index (χ2n) is 7.39. The van der Waals surface area contributed by atoms with E-state index in [0.717, 1.165) is 18.4 Å². The van der Waals surface area contributed by atoms with Gasteiger partial charge in [-0.1, -0.05) is 60.7 Å². The van der Waals surface area contributed by atoms with Crippen molar-refractivity contribution >= 4 is 6.09 Å². The Morgan fingerprint density at radius 1 is 1.08 bits per heavy atom. The second-order valence-corrected chi connectivity index (χ2v) is 7.39. The van der Waals surface area contributed by atoms with Gasteiger partial charge >= 0.3 is 6.09 Å². The SMILES string of the molecule is CC(C)(C)OC(=O)N1O[C@H](c2ccccc2)C[C@@H]1Cc1ccccc1. The molecule has 1 aliphatic heterocycles. The fourth-order valence-corrected chi connectivity index (χ4v) is 3.03. The van der Waals surface area contributed by atoms with Crippen LogP contribution in [-0.2, 0) is 16.0 Å². The minimum atomic E-state index is -0.553. The van der Waals surface area contributed by atoms with Gasteiger partial charge in [-0.05, 0) is 38.3 Å². The van der Waals surface area contributed by atoms with E-state index in [1.807, 2.05) is 69.3 Å².